The molecule has 0 spiro atoms. The number of carbonyl (C=O) groups is 1. The van der Waals surface area contributed by atoms with Crippen LogP contribution in [0.3, 0.4) is 0 Å². The van der Waals surface area contributed by atoms with E-state index in [1.807, 2.05) is 6.08 Å². The van der Waals surface area contributed by atoms with Gasteiger partial charge in [-0.2, -0.15) is 0 Å². The molecule has 2 aliphatic carbocycles. The van der Waals surface area contributed by atoms with E-state index >= 15 is 0 Å². The Hall–Kier alpha value is -0.850. The molecule has 0 radical (unpaired) electrons. The van der Waals surface area contributed by atoms with Crippen molar-refractivity contribution in [1.82, 2.24) is 0 Å². The monoisotopic (exact) mass is 232 g/mol. The molecule has 0 atom stereocenters. The lowest BCUT2D eigenvalue weighted by molar-refractivity contribution is -0.111. The van der Waals surface area contributed by atoms with E-state index in [0.29, 0.717) is 5.78 Å². The van der Waals surface area contributed by atoms with Crippen molar-refractivity contribution in [3.63, 3.8) is 0 Å². The van der Waals surface area contributed by atoms with Crippen LogP contribution >= 0.6 is 0 Å². The maximum atomic E-state index is 12.2. The molecule has 1 fully saturated rings. The van der Waals surface area contributed by atoms with Crippen molar-refractivity contribution in [2.24, 2.45) is 0 Å². The zero-order valence-corrected chi connectivity index (χ0v) is 10.8. The van der Waals surface area contributed by atoms with Crippen molar-refractivity contribution in [2.75, 3.05) is 0 Å². The molecular weight excluding hydrogens is 208 g/mol. The van der Waals surface area contributed by atoms with Gasteiger partial charge in [-0.05, 0) is 63.0 Å². The van der Waals surface area contributed by atoms with Crippen LogP contribution in [0.1, 0.15) is 70.6 Å². The van der Waals surface area contributed by atoms with Crippen LogP contribution in [-0.4, -0.2) is 5.78 Å². The van der Waals surface area contributed by atoms with Gasteiger partial charge in [0.2, 0.25) is 0 Å². The van der Waals surface area contributed by atoms with Gasteiger partial charge in [0.1, 0.15) is 0 Å². The average Bonchev–Trinajstić information content (AvgIpc) is 2.29. The molecule has 0 aliphatic heterocycles. The Morgan fingerprint density at radius 3 is 2.35 bits per heavy atom. The van der Waals surface area contributed by atoms with Crippen molar-refractivity contribution in [2.45, 2.75) is 70.6 Å². The first kappa shape index (κ1) is 12.6. The molecule has 0 amide bonds. The third-order valence-electron chi connectivity index (χ3n) is 3.94. The Balaban J connectivity index is 1.97. The van der Waals surface area contributed by atoms with E-state index in [0.717, 1.165) is 31.3 Å². The largest absolute Gasteiger partial charge is 0.290 e. The molecule has 1 heteroatoms. The lowest BCUT2D eigenvalue weighted by Gasteiger charge is -2.14. The Bertz CT molecular complexity index is 314. The fourth-order valence-corrected chi connectivity index (χ4v) is 2.84. The Kier molecular flexibility index (Phi) is 5.03. The van der Waals surface area contributed by atoms with Crippen LogP contribution in [0.25, 0.3) is 0 Å². The summed E-state index contributed by atoms with van der Waals surface area (Å²) in [5, 5.41) is 0. The first-order chi connectivity index (χ1) is 8.36. The summed E-state index contributed by atoms with van der Waals surface area (Å²) in [6, 6.07) is 0. The summed E-state index contributed by atoms with van der Waals surface area (Å²) < 4.78 is 0. The molecular formula is C16H24O. The Morgan fingerprint density at radius 2 is 1.53 bits per heavy atom. The summed E-state index contributed by atoms with van der Waals surface area (Å²) in [4.78, 5) is 12.2. The number of ketones is 1. The molecule has 1 nitrogen and oxygen atoms in total. The number of carbonyl (C=O) groups excluding carboxylic acids is 1. The minimum Gasteiger partial charge on any atom is -0.290 e. The van der Waals surface area contributed by atoms with Crippen molar-refractivity contribution in [3.05, 3.63) is 23.3 Å². The highest BCUT2D eigenvalue weighted by Gasteiger charge is 2.11. The van der Waals surface area contributed by atoms with Gasteiger partial charge in [-0.3, -0.25) is 4.79 Å². The summed E-state index contributed by atoms with van der Waals surface area (Å²) in [5.41, 5.74) is 2.48. The second kappa shape index (κ2) is 6.78. The average molecular weight is 232 g/mol. The van der Waals surface area contributed by atoms with Gasteiger partial charge in [0.15, 0.2) is 5.78 Å². The van der Waals surface area contributed by atoms with Gasteiger partial charge >= 0.3 is 0 Å². The minimum absolute atomic E-state index is 0.309. The molecule has 2 aliphatic rings. The van der Waals surface area contributed by atoms with Gasteiger partial charge in [-0.25, -0.2) is 0 Å². The summed E-state index contributed by atoms with van der Waals surface area (Å²) in [5.74, 6) is 0.309. The molecule has 2 rings (SSSR count). The van der Waals surface area contributed by atoms with Gasteiger partial charge in [0.25, 0.3) is 0 Å². The minimum atomic E-state index is 0.309. The van der Waals surface area contributed by atoms with Crippen LogP contribution < -0.4 is 0 Å². The SMILES string of the molecule is O=C(C=C1CCCCC1)/C1=C\CCCCCC1. The zero-order chi connectivity index (χ0) is 11.9. The van der Waals surface area contributed by atoms with Crippen LogP contribution in [0, 0.1) is 0 Å². The Morgan fingerprint density at radius 1 is 0.882 bits per heavy atom. The summed E-state index contributed by atoms with van der Waals surface area (Å²) in [6.45, 7) is 0. The second-order valence-electron chi connectivity index (χ2n) is 5.41. The third kappa shape index (κ3) is 4.14. The quantitative estimate of drug-likeness (QED) is 0.629. The van der Waals surface area contributed by atoms with E-state index in [-0.39, 0.29) is 0 Å². The molecule has 0 bridgehead atoms. The highest BCUT2D eigenvalue weighted by molar-refractivity contribution is 6.04. The van der Waals surface area contributed by atoms with E-state index in [1.165, 1.54) is 50.5 Å². The maximum absolute atomic E-state index is 12.2. The van der Waals surface area contributed by atoms with Crippen LogP contribution in [0.4, 0.5) is 0 Å². The fraction of sp³-hybridized carbons (Fsp3) is 0.688. The van der Waals surface area contributed by atoms with Crippen molar-refractivity contribution in [1.29, 1.82) is 0 Å². The number of hydrogen-bond donors (Lipinski definition) is 0. The van der Waals surface area contributed by atoms with E-state index in [1.54, 1.807) is 0 Å². The number of rotatable bonds is 2. The first-order valence-corrected chi connectivity index (χ1v) is 7.29. The molecule has 0 unspecified atom stereocenters. The van der Waals surface area contributed by atoms with E-state index in [4.69, 9.17) is 0 Å². The van der Waals surface area contributed by atoms with Crippen molar-refractivity contribution in [3.8, 4) is 0 Å². The second-order valence-corrected chi connectivity index (χ2v) is 5.41. The molecule has 0 N–H and O–H groups in total. The highest BCUT2D eigenvalue weighted by atomic mass is 16.1. The van der Waals surface area contributed by atoms with E-state index in [9.17, 15) is 4.79 Å². The molecule has 0 heterocycles. The summed E-state index contributed by atoms with van der Waals surface area (Å²) in [6.07, 6.45) is 17.5. The van der Waals surface area contributed by atoms with Gasteiger partial charge in [0.05, 0.1) is 0 Å². The zero-order valence-electron chi connectivity index (χ0n) is 10.8. The molecule has 0 aromatic carbocycles. The van der Waals surface area contributed by atoms with Gasteiger partial charge in [0, 0.05) is 0 Å². The van der Waals surface area contributed by atoms with Crippen LogP contribution in [-0.2, 0) is 4.79 Å². The lowest BCUT2D eigenvalue weighted by Crippen LogP contribution is -2.04. The van der Waals surface area contributed by atoms with Crippen molar-refractivity contribution < 1.29 is 4.79 Å². The van der Waals surface area contributed by atoms with Crippen LogP contribution in [0.5, 0.6) is 0 Å². The van der Waals surface area contributed by atoms with Gasteiger partial charge < -0.3 is 0 Å². The molecule has 94 valence electrons. The highest BCUT2D eigenvalue weighted by Crippen LogP contribution is 2.24. The normalized spacial score (nSPS) is 25.4. The molecule has 17 heavy (non-hydrogen) atoms. The topological polar surface area (TPSA) is 17.1 Å². The van der Waals surface area contributed by atoms with Crippen LogP contribution in [0.15, 0.2) is 23.3 Å². The van der Waals surface area contributed by atoms with E-state index in [2.05, 4.69) is 6.08 Å². The summed E-state index contributed by atoms with van der Waals surface area (Å²) >= 11 is 0. The predicted molar refractivity (Wildman–Crippen MR) is 72.0 cm³/mol. The predicted octanol–water partition coefficient (Wildman–Crippen LogP) is 4.73. The fourth-order valence-electron chi connectivity index (χ4n) is 2.84. The Labute approximate surface area is 105 Å². The molecule has 0 aromatic heterocycles. The molecule has 0 aromatic rings. The van der Waals surface area contributed by atoms with E-state index < -0.39 is 0 Å². The van der Waals surface area contributed by atoms with Gasteiger partial charge in [-0.15, -0.1) is 0 Å². The first-order valence-electron chi connectivity index (χ1n) is 7.29. The smallest absolute Gasteiger partial charge is 0.181 e. The lowest BCUT2D eigenvalue weighted by atomic mass is 9.91. The molecule has 0 saturated heterocycles. The third-order valence-corrected chi connectivity index (χ3v) is 3.94. The number of hydrogen-bond acceptors (Lipinski definition) is 1. The van der Waals surface area contributed by atoms with Crippen molar-refractivity contribution >= 4 is 5.78 Å². The maximum Gasteiger partial charge on any atom is 0.181 e. The standard InChI is InChI=1S/C16H24O/c17-16(13-14-9-5-4-6-10-14)15-11-7-2-1-3-8-12-15/h11,13H,1-10,12H2/b15-11-. The molecule has 1 saturated carbocycles. The summed E-state index contributed by atoms with van der Waals surface area (Å²) in [7, 11) is 0. The van der Waals surface area contributed by atoms with Gasteiger partial charge in [-0.1, -0.05) is 30.9 Å². The van der Waals surface area contributed by atoms with Crippen LogP contribution in [0.2, 0.25) is 0 Å². The number of allylic oxidation sites excluding steroid dienone is 4.